The molecule has 0 bridgehead atoms. The molecule has 1 aromatic heterocycles. The summed E-state index contributed by atoms with van der Waals surface area (Å²) in [6.07, 6.45) is 1.34. The number of hydrogen-bond donors (Lipinski definition) is 1. The molecule has 7 heteroatoms. The molecule has 1 aromatic carbocycles. The van der Waals surface area contributed by atoms with Crippen molar-refractivity contribution < 1.29 is 18.7 Å². The lowest BCUT2D eigenvalue weighted by atomic mass is 10.3. The van der Waals surface area contributed by atoms with E-state index in [1.807, 2.05) is 0 Å². The van der Waals surface area contributed by atoms with Crippen LogP contribution in [0.5, 0.6) is 0 Å². The van der Waals surface area contributed by atoms with E-state index in [4.69, 9.17) is 32.4 Å². The van der Waals surface area contributed by atoms with E-state index in [0.717, 1.165) is 0 Å². The number of ether oxygens (including phenoxy) is 1. The van der Waals surface area contributed by atoms with E-state index in [1.165, 1.54) is 18.4 Å². The first-order chi connectivity index (χ1) is 9.56. The second-order valence-corrected chi connectivity index (χ2v) is 4.57. The van der Waals surface area contributed by atoms with E-state index >= 15 is 0 Å². The van der Waals surface area contributed by atoms with Gasteiger partial charge < -0.3 is 14.5 Å². The molecule has 104 valence electrons. The zero-order valence-electron chi connectivity index (χ0n) is 10.1. The Labute approximate surface area is 124 Å². The van der Waals surface area contributed by atoms with Gasteiger partial charge in [0.2, 0.25) is 5.76 Å². The van der Waals surface area contributed by atoms with E-state index in [1.54, 1.807) is 18.2 Å². The first-order valence-electron chi connectivity index (χ1n) is 5.52. The molecule has 0 spiro atoms. The Hall–Kier alpha value is -1.98. The third-order valence-corrected chi connectivity index (χ3v) is 2.81. The van der Waals surface area contributed by atoms with Crippen LogP contribution in [0, 0.1) is 0 Å². The second kappa shape index (κ2) is 6.45. The summed E-state index contributed by atoms with van der Waals surface area (Å²) in [4.78, 5) is 23.0. The topological polar surface area (TPSA) is 68.5 Å². The van der Waals surface area contributed by atoms with Crippen LogP contribution >= 0.6 is 23.2 Å². The van der Waals surface area contributed by atoms with Gasteiger partial charge in [0.05, 0.1) is 17.0 Å². The van der Waals surface area contributed by atoms with Crippen molar-refractivity contribution in [1.82, 2.24) is 0 Å². The number of rotatable bonds is 4. The molecular formula is C13H9Cl2NO4. The van der Waals surface area contributed by atoms with Crippen molar-refractivity contribution in [1.29, 1.82) is 0 Å². The summed E-state index contributed by atoms with van der Waals surface area (Å²) in [6, 6.07) is 7.61. The molecule has 0 aliphatic rings. The highest BCUT2D eigenvalue weighted by Crippen LogP contribution is 2.25. The van der Waals surface area contributed by atoms with Crippen LogP contribution < -0.4 is 5.32 Å². The number of nitrogens with one attached hydrogen (secondary N) is 1. The summed E-state index contributed by atoms with van der Waals surface area (Å²) in [5.74, 6) is -1.20. The SMILES string of the molecule is O=C(COC(=O)c1ccco1)Nc1ccc(Cl)cc1Cl. The van der Waals surface area contributed by atoms with Gasteiger partial charge in [-0.1, -0.05) is 23.2 Å². The van der Waals surface area contributed by atoms with Gasteiger partial charge in [0, 0.05) is 5.02 Å². The predicted molar refractivity (Wildman–Crippen MR) is 74.1 cm³/mol. The Bertz CT molecular complexity index is 625. The molecule has 5 nitrogen and oxygen atoms in total. The third kappa shape index (κ3) is 3.76. The van der Waals surface area contributed by atoms with Crippen molar-refractivity contribution in [3.8, 4) is 0 Å². The number of esters is 1. The molecule has 0 unspecified atom stereocenters. The molecule has 0 radical (unpaired) electrons. The fourth-order valence-corrected chi connectivity index (χ4v) is 1.83. The molecule has 0 aliphatic carbocycles. The molecule has 1 amide bonds. The smallest absolute Gasteiger partial charge is 0.374 e. The number of benzene rings is 1. The van der Waals surface area contributed by atoms with Gasteiger partial charge >= 0.3 is 5.97 Å². The zero-order chi connectivity index (χ0) is 14.5. The lowest BCUT2D eigenvalue weighted by molar-refractivity contribution is -0.119. The normalized spacial score (nSPS) is 10.1. The number of carbonyl (C=O) groups is 2. The number of amides is 1. The van der Waals surface area contributed by atoms with E-state index in [9.17, 15) is 9.59 Å². The highest BCUT2D eigenvalue weighted by Gasteiger charge is 2.13. The summed E-state index contributed by atoms with van der Waals surface area (Å²) < 4.78 is 9.61. The Morgan fingerprint density at radius 2 is 2.05 bits per heavy atom. The molecule has 20 heavy (non-hydrogen) atoms. The summed E-state index contributed by atoms with van der Waals surface area (Å²) >= 11 is 11.6. The van der Waals surface area contributed by atoms with Crippen LogP contribution in [-0.2, 0) is 9.53 Å². The number of anilines is 1. The molecule has 2 rings (SSSR count). The van der Waals surface area contributed by atoms with Crippen LogP contribution in [-0.4, -0.2) is 18.5 Å². The molecular weight excluding hydrogens is 305 g/mol. The molecule has 0 atom stereocenters. The lowest BCUT2D eigenvalue weighted by Gasteiger charge is -2.07. The molecule has 0 aliphatic heterocycles. The first-order valence-corrected chi connectivity index (χ1v) is 6.27. The zero-order valence-corrected chi connectivity index (χ0v) is 11.6. The Morgan fingerprint density at radius 1 is 1.25 bits per heavy atom. The van der Waals surface area contributed by atoms with Crippen LogP contribution in [0.15, 0.2) is 41.0 Å². The summed E-state index contributed by atoms with van der Waals surface area (Å²) in [5, 5.41) is 3.25. The molecule has 2 aromatic rings. The summed E-state index contributed by atoms with van der Waals surface area (Å²) in [5.41, 5.74) is 0.384. The second-order valence-electron chi connectivity index (χ2n) is 3.73. The number of carbonyl (C=O) groups excluding carboxylic acids is 2. The van der Waals surface area contributed by atoms with Gasteiger partial charge in [-0.05, 0) is 30.3 Å². The largest absolute Gasteiger partial charge is 0.457 e. The van der Waals surface area contributed by atoms with Gasteiger partial charge in [0.15, 0.2) is 6.61 Å². The van der Waals surface area contributed by atoms with E-state index in [2.05, 4.69) is 5.32 Å². The fraction of sp³-hybridized carbons (Fsp3) is 0.0769. The van der Waals surface area contributed by atoms with Gasteiger partial charge in [-0.2, -0.15) is 0 Å². The van der Waals surface area contributed by atoms with Gasteiger partial charge in [-0.25, -0.2) is 4.79 Å². The quantitative estimate of drug-likeness (QED) is 0.878. The highest BCUT2D eigenvalue weighted by molar-refractivity contribution is 6.36. The molecule has 0 saturated heterocycles. The van der Waals surface area contributed by atoms with E-state index in [0.29, 0.717) is 15.7 Å². The van der Waals surface area contributed by atoms with Crippen LogP contribution in [0.2, 0.25) is 10.0 Å². The molecule has 0 saturated carbocycles. The minimum absolute atomic E-state index is 0.0299. The van der Waals surface area contributed by atoms with Crippen LogP contribution in [0.1, 0.15) is 10.6 Å². The summed E-state index contributed by atoms with van der Waals surface area (Å²) in [7, 11) is 0. The molecule has 0 fully saturated rings. The molecule has 1 heterocycles. The maximum absolute atomic E-state index is 11.6. The summed E-state index contributed by atoms with van der Waals surface area (Å²) in [6.45, 7) is -0.446. The Balaban J connectivity index is 1.88. The average molecular weight is 314 g/mol. The number of hydrogen-bond acceptors (Lipinski definition) is 4. The van der Waals surface area contributed by atoms with Gasteiger partial charge in [0.1, 0.15) is 0 Å². The maximum atomic E-state index is 11.6. The standard InChI is InChI=1S/C13H9Cl2NO4/c14-8-3-4-10(9(15)6-8)16-12(17)7-20-13(18)11-2-1-5-19-11/h1-6H,7H2,(H,16,17). The van der Waals surface area contributed by atoms with Crippen molar-refractivity contribution >= 4 is 40.8 Å². The molecule has 1 N–H and O–H groups in total. The maximum Gasteiger partial charge on any atom is 0.374 e. The monoisotopic (exact) mass is 313 g/mol. The number of halogens is 2. The van der Waals surface area contributed by atoms with Crippen molar-refractivity contribution in [2.45, 2.75) is 0 Å². The highest BCUT2D eigenvalue weighted by atomic mass is 35.5. The van der Waals surface area contributed by atoms with Crippen molar-refractivity contribution in [2.24, 2.45) is 0 Å². The minimum atomic E-state index is -0.715. The van der Waals surface area contributed by atoms with Gasteiger partial charge in [-0.3, -0.25) is 4.79 Å². The van der Waals surface area contributed by atoms with Crippen molar-refractivity contribution in [2.75, 3.05) is 11.9 Å². The van der Waals surface area contributed by atoms with Crippen molar-refractivity contribution in [3.05, 3.63) is 52.4 Å². The predicted octanol–water partition coefficient (Wildman–Crippen LogP) is 3.38. The number of furan rings is 1. The Morgan fingerprint density at radius 3 is 2.70 bits per heavy atom. The third-order valence-electron chi connectivity index (χ3n) is 2.26. The van der Waals surface area contributed by atoms with Gasteiger partial charge in [-0.15, -0.1) is 0 Å². The van der Waals surface area contributed by atoms with E-state index in [-0.39, 0.29) is 5.76 Å². The van der Waals surface area contributed by atoms with Crippen molar-refractivity contribution in [3.63, 3.8) is 0 Å². The lowest BCUT2D eigenvalue weighted by Crippen LogP contribution is -2.20. The van der Waals surface area contributed by atoms with Crippen LogP contribution in [0.4, 0.5) is 5.69 Å². The minimum Gasteiger partial charge on any atom is -0.457 e. The van der Waals surface area contributed by atoms with Gasteiger partial charge in [0.25, 0.3) is 5.91 Å². The Kier molecular flexibility index (Phi) is 4.65. The fourth-order valence-electron chi connectivity index (χ4n) is 1.37. The van der Waals surface area contributed by atoms with Crippen LogP contribution in [0.3, 0.4) is 0 Å². The average Bonchev–Trinajstić information content (AvgIpc) is 2.93. The first kappa shape index (κ1) is 14.4. The van der Waals surface area contributed by atoms with E-state index < -0.39 is 18.5 Å². The van der Waals surface area contributed by atoms with Crippen LogP contribution in [0.25, 0.3) is 0 Å².